The molecule has 0 aliphatic heterocycles. The quantitative estimate of drug-likeness (QED) is 0.659. The van der Waals surface area contributed by atoms with Crippen LogP contribution in [0.5, 0.6) is 0 Å². The van der Waals surface area contributed by atoms with Gasteiger partial charge in [0.2, 0.25) is 0 Å². The number of hydrogen-bond acceptors (Lipinski definition) is 0. The number of nitrogens with one attached hydrogen (secondary N) is 1. The van der Waals surface area contributed by atoms with Crippen molar-refractivity contribution in [3.8, 4) is 0 Å². The van der Waals surface area contributed by atoms with Gasteiger partial charge >= 0.3 is 0 Å². The van der Waals surface area contributed by atoms with E-state index in [0.29, 0.717) is 0 Å². The summed E-state index contributed by atoms with van der Waals surface area (Å²) >= 11 is 3.56. The molecule has 1 aromatic heterocycles. The third-order valence-electron chi connectivity index (χ3n) is 2.84. The number of halogens is 1. The molecule has 0 bridgehead atoms. The summed E-state index contributed by atoms with van der Waals surface area (Å²) in [4.78, 5) is 3.41. The highest BCUT2D eigenvalue weighted by Crippen LogP contribution is 2.30. The summed E-state index contributed by atoms with van der Waals surface area (Å²) in [5.74, 6) is 0. The van der Waals surface area contributed by atoms with E-state index in [1.165, 1.54) is 16.3 Å². The van der Waals surface area contributed by atoms with Crippen LogP contribution in [0.3, 0.4) is 0 Å². The van der Waals surface area contributed by atoms with Crippen molar-refractivity contribution in [1.82, 2.24) is 4.98 Å². The van der Waals surface area contributed by atoms with Crippen LogP contribution in [0, 0.1) is 0 Å². The first-order valence-corrected chi connectivity index (χ1v) is 5.91. The van der Waals surface area contributed by atoms with Gasteiger partial charge in [0.05, 0.1) is 0 Å². The van der Waals surface area contributed by atoms with Gasteiger partial charge in [-0.05, 0) is 23.8 Å². The number of benzene rings is 2. The monoisotopic (exact) mass is 271 g/mol. The van der Waals surface area contributed by atoms with Crippen molar-refractivity contribution in [2.24, 2.45) is 0 Å². The lowest BCUT2D eigenvalue weighted by molar-refractivity contribution is 1.53. The van der Waals surface area contributed by atoms with E-state index in [9.17, 15) is 0 Å². The first-order valence-electron chi connectivity index (χ1n) is 5.12. The van der Waals surface area contributed by atoms with Crippen LogP contribution in [0.25, 0.3) is 27.9 Å². The van der Waals surface area contributed by atoms with Crippen LogP contribution < -0.4 is 0 Å². The Morgan fingerprint density at radius 2 is 1.88 bits per heavy atom. The lowest BCUT2D eigenvalue weighted by Crippen LogP contribution is -1.76. The fourth-order valence-corrected chi connectivity index (χ4v) is 2.55. The van der Waals surface area contributed by atoms with Gasteiger partial charge in [0, 0.05) is 26.3 Å². The van der Waals surface area contributed by atoms with Gasteiger partial charge in [0.1, 0.15) is 0 Å². The van der Waals surface area contributed by atoms with Crippen LogP contribution in [0.1, 0.15) is 5.56 Å². The zero-order valence-electron chi connectivity index (χ0n) is 8.63. The van der Waals surface area contributed by atoms with Gasteiger partial charge in [0.25, 0.3) is 0 Å². The second-order valence-corrected chi connectivity index (χ2v) is 4.65. The highest BCUT2D eigenvalue weighted by molar-refractivity contribution is 9.10. The molecule has 1 nitrogen and oxygen atoms in total. The maximum Gasteiger partial charge on any atom is 0.0471 e. The van der Waals surface area contributed by atoms with Gasteiger partial charge in [-0.15, -0.1) is 0 Å². The molecule has 2 aromatic carbocycles. The zero-order chi connectivity index (χ0) is 11.1. The fraction of sp³-hybridized carbons (Fsp3) is 0. The van der Waals surface area contributed by atoms with Gasteiger partial charge in [-0.2, -0.15) is 0 Å². The lowest BCUT2D eigenvalue weighted by Gasteiger charge is -1.98. The Kier molecular flexibility index (Phi) is 2.11. The molecule has 0 fully saturated rings. The molecule has 0 amide bonds. The standard InChI is InChI=1S/C14H10BrN/c1-2-9-7-14-11(8-12(9)15)10-5-3-4-6-13(10)16-14/h2-8,16H,1H2. The van der Waals surface area contributed by atoms with Crippen molar-refractivity contribution >= 4 is 43.8 Å². The lowest BCUT2D eigenvalue weighted by atomic mass is 10.1. The van der Waals surface area contributed by atoms with E-state index in [0.717, 1.165) is 15.6 Å². The number of H-pyrrole nitrogens is 1. The molecule has 1 N–H and O–H groups in total. The van der Waals surface area contributed by atoms with Crippen molar-refractivity contribution in [1.29, 1.82) is 0 Å². The third kappa shape index (κ3) is 1.30. The Morgan fingerprint density at radius 3 is 2.69 bits per heavy atom. The first kappa shape index (κ1) is 9.67. The molecule has 0 saturated carbocycles. The Labute approximate surface area is 102 Å². The topological polar surface area (TPSA) is 15.8 Å². The van der Waals surface area contributed by atoms with Crippen LogP contribution in [0.2, 0.25) is 0 Å². The highest BCUT2D eigenvalue weighted by Gasteiger charge is 2.06. The van der Waals surface area contributed by atoms with Crippen LogP contribution in [-0.4, -0.2) is 4.98 Å². The summed E-state index contributed by atoms with van der Waals surface area (Å²) < 4.78 is 1.08. The molecule has 1 heterocycles. The summed E-state index contributed by atoms with van der Waals surface area (Å²) in [6.07, 6.45) is 1.86. The Bertz CT molecular complexity index is 694. The zero-order valence-corrected chi connectivity index (χ0v) is 10.2. The van der Waals surface area contributed by atoms with Crippen molar-refractivity contribution in [3.63, 3.8) is 0 Å². The number of fused-ring (bicyclic) bond motifs is 3. The van der Waals surface area contributed by atoms with Gasteiger partial charge in [-0.3, -0.25) is 0 Å². The van der Waals surface area contributed by atoms with E-state index >= 15 is 0 Å². The molecular formula is C14H10BrN. The molecule has 78 valence electrons. The number of hydrogen-bond donors (Lipinski definition) is 1. The fourth-order valence-electron chi connectivity index (χ4n) is 2.04. The Hall–Kier alpha value is -1.54. The number of aromatic nitrogens is 1. The summed E-state index contributed by atoms with van der Waals surface area (Å²) in [6.45, 7) is 3.81. The maximum atomic E-state index is 3.81. The van der Waals surface area contributed by atoms with E-state index in [2.05, 4.69) is 57.8 Å². The minimum Gasteiger partial charge on any atom is -0.354 e. The molecule has 0 unspecified atom stereocenters. The van der Waals surface area contributed by atoms with Crippen LogP contribution in [0.15, 0.2) is 47.4 Å². The van der Waals surface area contributed by atoms with E-state index in [1.54, 1.807) is 0 Å². The minimum atomic E-state index is 1.08. The summed E-state index contributed by atoms with van der Waals surface area (Å²) in [5.41, 5.74) is 3.43. The molecule has 2 heteroatoms. The van der Waals surface area contributed by atoms with E-state index in [4.69, 9.17) is 0 Å². The largest absolute Gasteiger partial charge is 0.354 e. The van der Waals surface area contributed by atoms with Crippen LogP contribution >= 0.6 is 15.9 Å². The molecule has 0 aliphatic carbocycles. The van der Waals surface area contributed by atoms with Crippen molar-refractivity contribution in [2.45, 2.75) is 0 Å². The van der Waals surface area contributed by atoms with Crippen molar-refractivity contribution < 1.29 is 0 Å². The molecular weight excluding hydrogens is 262 g/mol. The summed E-state index contributed by atoms with van der Waals surface area (Å²) in [7, 11) is 0. The average Bonchev–Trinajstić information content (AvgIpc) is 2.66. The van der Waals surface area contributed by atoms with Gasteiger partial charge in [-0.25, -0.2) is 0 Å². The Balaban J connectivity index is 2.51. The first-order chi connectivity index (χ1) is 7.79. The number of aromatic amines is 1. The number of para-hydroxylation sites is 1. The SMILES string of the molecule is C=Cc1cc2[nH]c3ccccc3c2cc1Br. The van der Waals surface area contributed by atoms with Gasteiger partial charge in [-0.1, -0.05) is 46.8 Å². The normalized spacial score (nSPS) is 11.1. The van der Waals surface area contributed by atoms with E-state index < -0.39 is 0 Å². The predicted octanol–water partition coefficient (Wildman–Crippen LogP) is 4.73. The van der Waals surface area contributed by atoms with Crippen molar-refractivity contribution in [2.75, 3.05) is 0 Å². The van der Waals surface area contributed by atoms with Crippen molar-refractivity contribution in [3.05, 3.63) is 53.0 Å². The summed E-state index contributed by atoms with van der Waals surface area (Å²) in [5, 5.41) is 2.50. The average molecular weight is 272 g/mol. The van der Waals surface area contributed by atoms with Crippen LogP contribution in [-0.2, 0) is 0 Å². The minimum absolute atomic E-state index is 1.08. The predicted molar refractivity (Wildman–Crippen MR) is 73.6 cm³/mol. The number of rotatable bonds is 1. The molecule has 0 radical (unpaired) electrons. The molecule has 0 saturated heterocycles. The van der Waals surface area contributed by atoms with E-state index in [-0.39, 0.29) is 0 Å². The van der Waals surface area contributed by atoms with Gasteiger partial charge in [0.15, 0.2) is 0 Å². The smallest absolute Gasteiger partial charge is 0.0471 e. The second-order valence-electron chi connectivity index (χ2n) is 3.79. The maximum absolute atomic E-state index is 3.81. The van der Waals surface area contributed by atoms with Gasteiger partial charge < -0.3 is 4.98 Å². The molecule has 0 aliphatic rings. The molecule has 0 spiro atoms. The highest BCUT2D eigenvalue weighted by atomic mass is 79.9. The summed E-state index contributed by atoms with van der Waals surface area (Å²) in [6, 6.07) is 12.6. The molecule has 3 rings (SSSR count). The Morgan fingerprint density at radius 1 is 1.06 bits per heavy atom. The van der Waals surface area contributed by atoms with E-state index in [1.807, 2.05) is 12.1 Å². The van der Waals surface area contributed by atoms with Crippen LogP contribution in [0.4, 0.5) is 0 Å². The third-order valence-corrected chi connectivity index (χ3v) is 3.53. The molecule has 3 aromatic rings. The second kappa shape index (κ2) is 3.49. The molecule has 0 atom stereocenters. The molecule has 16 heavy (non-hydrogen) atoms.